The number of benzene rings is 1. The lowest BCUT2D eigenvalue weighted by atomic mass is 10.2. The SMILES string of the molecule is CCN(C1CCCC1)S(=O)(=O)c1ccc(C(N)=S)cc1Cl. The number of hydrogen-bond acceptors (Lipinski definition) is 3. The molecule has 0 radical (unpaired) electrons. The Kier molecular flexibility index (Phi) is 5.24. The summed E-state index contributed by atoms with van der Waals surface area (Å²) in [7, 11) is -3.59. The van der Waals surface area contributed by atoms with E-state index in [1.54, 1.807) is 10.4 Å². The predicted molar refractivity (Wildman–Crippen MR) is 89.2 cm³/mol. The highest BCUT2D eigenvalue weighted by Crippen LogP contribution is 2.31. The van der Waals surface area contributed by atoms with Gasteiger partial charge in [-0.2, -0.15) is 4.31 Å². The van der Waals surface area contributed by atoms with Gasteiger partial charge in [-0.15, -0.1) is 0 Å². The zero-order chi connectivity index (χ0) is 15.6. The maximum absolute atomic E-state index is 12.8. The molecule has 1 aliphatic carbocycles. The number of hydrogen-bond donors (Lipinski definition) is 1. The summed E-state index contributed by atoms with van der Waals surface area (Å²) in [5.74, 6) is 0. The van der Waals surface area contributed by atoms with E-state index in [1.807, 2.05) is 6.92 Å². The van der Waals surface area contributed by atoms with Crippen LogP contribution in [-0.4, -0.2) is 30.3 Å². The van der Waals surface area contributed by atoms with E-state index in [0.29, 0.717) is 12.1 Å². The molecule has 1 saturated carbocycles. The molecule has 116 valence electrons. The van der Waals surface area contributed by atoms with Gasteiger partial charge in [0.2, 0.25) is 10.0 Å². The van der Waals surface area contributed by atoms with E-state index in [9.17, 15) is 8.42 Å². The number of nitrogens with two attached hydrogens (primary N) is 1. The summed E-state index contributed by atoms with van der Waals surface area (Å²) in [4.78, 5) is 0.321. The summed E-state index contributed by atoms with van der Waals surface area (Å²) < 4.78 is 27.2. The Balaban J connectivity index is 2.40. The zero-order valence-corrected chi connectivity index (χ0v) is 14.3. The first kappa shape index (κ1) is 16.7. The van der Waals surface area contributed by atoms with Crippen LogP contribution in [0.5, 0.6) is 0 Å². The molecule has 7 heteroatoms. The standard InChI is InChI=1S/C14H19ClN2O2S2/c1-2-17(11-5-3-4-6-11)21(18,19)13-8-7-10(14(16)20)9-12(13)15/h7-9,11H,2-6H2,1H3,(H2,16,20). The number of rotatable bonds is 5. The van der Waals surface area contributed by atoms with Crippen molar-refractivity contribution in [3.63, 3.8) is 0 Å². The summed E-state index contributed by atoms with van der Waals surface area (Å²) in [5.41, 5.74) is 6.11. The lowest BCUT2D eigenvalue weighted by Crippen LogP contribution is -2.38. The lowest BCUT2D eigenvalue weighted by molar-refractivity contribution is 0.335. The molecule has 0 unspecified atom stereocenters. The molecule has 0 aromatic heterocycles. The number of halogens is 1. The second-order valence-electron chi connectivity index (χ2n) is 5.16. The van der Waals surface area contributed by atoms with Crippen LogP contribution >= 0.6 is 23.8 Å². The van der Waals surface area contributed by atoms with Crippen LogP contribution in [0.2, 0.25) is 5.02 Å². The minimum absolute atomic E-state index is 0.0753. The van der Waals surface area contributed by atoms with Crippen molar-refractivity contribution >= 4 is 38.8 Å². The third kappa shape index (κ3) is 3.39. The quantitative estimate of drug-likeness (QED) is 0.832. The highest BCUT2D eigenvalue weighted by molar-refractivity contribution is 7.89. The lowest BCUT2D eigenvalue weighted by Gasteiger charge is -2.27. The fourth-order valence-electron chi connectivity index (χ4n) is 2.81. The number of sulfonamides is 1. The Morgan fingerprint density at radius 3 is 2.52 bits per heavy atom. The highest BCUT2D eigenvalue weighted by atomic mass is 35.5. The third-order valence-corrected chi connectivity index (χ3v) is 6.59. The van der Waals surface area contributed by atoms with Gasteiger partial charge in [0.05, 0.1) is 5.02 Å². The van der Waals surface area contributed by atoms with Crippen LogP contribution in [0, 0.1) is 0 Å². The molecular formula is C14H19ClN2O2S2. The first-order valence-electron chi connectivity index (χ1n) is 6.99. The maximum atomic E-state index is 12.8. The summed E-state index contributed by atoms with van der Waals surface area (Å²) in [6.45, 7) is 2.30. The predicted octanol–water partition coefficient (Wildman–Crippen LogP) is 2.93. The van der Waals surface area contributed by atoms with Crippen LogP contribution in [0.25, 0.3) is 0 Å². The molecule has 2 N–H and O–H groups in total. The molecule has 0 saturated heterocycles. The van der Waals surface area contributed by atoms with Gasteiger partial charge in [0.1, 0.15) is 9.88 Å². The van der Waals surface area contributed by atoms with Gasteiger partial charge < -0.3 is 5.73 Å². The van der Waals surface area contributed by atoms with E-state index in [0.717, 1.165) is 25.7 Å². The fourth-order valence-corrected chi connectivity index (χ4v) is 5.15. The third-order valence-electron chi connectivity index (χ3n) is 3.85. The number of thiocarbonyl (C=S) groups is 1. The molecule has 21 heavy (non-hydrogen) atoms. The van der Waals surface area contributed by atoms with E-state index in [2.05, 4.69) is 0 Å². The van der Waals surface area contributed by atoms with Crippen molar-refractivity contribution in [2.75, 3.05) is 6.54 Å². The second-order valence-corrected chi connectivity index (χ2v) is 7.86. The average molecular weight is 347 g/mol. The van der Waals surface area contributed by atoms with E-state index < -0.39 is 10.0 Å². The normalized spacial score (nSPS) is 16.5. The average Bonchev–Trinajstić information content (AvgIpc) is 2.92. The largest absolute Gasteiger partial charge is 0.389 e. The van der Waals surface area contributed by atoms with Crippen LogP contribution in [0.15, 0.2) is 23.1 Å². The van der Waals surface area contributed by atoms with Gasteiger partial charge in [0.25, 0.3) is 0 Å². The van der Waals surface area contributed by atoms with Crippen molar-refractivity contribution in [2.45, 2.75) is 43.5 Å². The van der Waals surface area contributed by atoms with Gasteiger partial charge in [-0.05, 0) is 25.0 Å². The van der Waals surface area contributed by atoms with Crippen molar-refractivity contribution in [3.05, 3.63) is 28.8 Å². The molecule has 0 atom stereocenters. The molecule has 0 heterocycles. The molecular weight excluding hydrogens is 328 g/mol. The van der Waals surface area contributed by atoms with Crippen molar-refractivity contribution < 1.29 is 8.42 Å². The monoisotopic (exact) mass is 346 g/mol. The molecule has 1 fully saturated rings. The molecule has 0 bridgehead atoms. The Hall–Kier alpha value is -0.690. The van der Waals surface area contributed by atoms with Crippen LogP contribution < -0.4 is 5.73 Å². The molecule has 4 nitrogen and oxygen atoms in total. The first-order chi connectivity index (χ1) is 9.87. The second kappa shape index (κ2) is 6.60. The fraction of sp³-hybridized carbons (Fsp3) is 0.500. The maximum Gasteiger partial charge on any atom is 0.244 e. The van der Waals surface area contributed by atoms with Crippen LogP contribution in [0.3, 0.4) is 0 Å². The van der Waals surface area contributed by atoms with Gasteiger partial charge in [0, 0.05) is 18.2 Å². The summed E-state index contributed by atoms with van der Waals surface area (Å²) in [5, 5.41) is 0.164. The molecule has 1 aliphatic rings. The molecule has 0 spiro atoms. The van der Waals surface area contributed by atoms with Crippen LogP contribution in [-0.2, 0) is 10.0 Å². The molecule has 0 amide bonds. The minimum Gasteiger partial charge on any atom is -0.389 e. The van der Waals surface area contributed by atoms with Gasteiger partial charge >= 0.3 is 0 Å². The minimum atomic E-state index is -3.59. The van der Waals surface area contributed by atoms with Gasteiger partial charge in [-0.3, -0.25) is 0 Å². The zero-order valence-electron chi connectivity index (χ0n) is 11.9. The van der Waals surface area contributed by atoms with Crippen molar-refractivity contribution in [3.8, 4) is 0 Å². The molecule has 0 aliphatic heterocycles. The molecule has 1 aromatic carbocycles. The Labute approximate surface area is 136 Å². The smallest absolute Gasteiger partial charge is 0.244 e. The van der Waals surface area contributed by atoms with E-state index in [4.69, 9.17) is 29.6 Å². The topological polar surface area (TPSA) is 63.4 Å². The van der Waals surface area contributed by atoms with Crippen LogP contribution in [0.1, 0.15) is 38.2 Å². The van der Waals surface area contributed by atoms with Gasteiger partial charge in [-0.1, -0.05) is 49.7 Å². The summed E-state index contributed by atoms with van der Waals surface area (Å²) in [6.07, 6.45) is 3.97. The van der Waals surface area contributed by atoms with Crippen molar-refractivity contribution in [2.24, 2.45) is 5.73 Å². The van der Waals surface area contributed by atoms with E-state index >= 15 is 0 Å². The summed E-state index contributed by atoms with van der Waals surface area (Å²) >= 11 is 11.0. The van der Waals surface area contributed by atoms with Gasteiger partial charge in [-0.25, -0.2) is 8.42 Å². The van der Waals surface area contributed by atoms with Crippen molar-refractivity contribution in [1.29, 1.82) is 0 Å². The summed E-state index contributed by atoms with van der Waals surface area (Å²) in [6, 6.07) is 4.68. The Morgan fingerprint density at radius 1 is 1.43 bits per heavy atom. The number of nitrogens with zero attached hydrogens (tertiary/aromatic N) is 1. The molecule has 2 rings (SSSR count). The van der Waals surface area contributed by atoms with E-state index in [-0.39, 0.29) is 20.9 Å². The first-order valence-corrected chi connectivity index (χ1v) is 9.21. The Morgan fingerprint density at radius 2 is 2.05 bits per heavy atom. The molecule has 1 aromatic rings. The van der Waals surface area contributed by atoms with E-state index in [1.165, 1.54) is 12.1 Å². The Bertz CT molecular complexity index is 640. The van der Waals surface area contributed by atoms with Gasteiger partial charge in [0.15, 0.2) is 0 Å². The van der Waals surface area contributed by atoms with Crippen molar-refractivity contribution in [1.82, 2.24) is 4.31 Å². The van der Waals surface area contributed by atoms with Crippen LogP contribution in [0.4, 0.5) is 0 Å². The highest BCUT2D eigenvalue weighted by Gasteiger charge is 2.33.